The van der Waals surface area contributed by atoms with Crippen molar-refractivity contribution in [3.63, 3.8) is 0 Å². The lowest BCUT2D eigenvalue weighted by Gasteiger charge is -2.25. The highest BCUT2D eigenvalue weighted by Crippen LogP contribution is 2.41. The second kappa shape index (κ2) is 7.20. The average Bonchev–Trinajstić information content (AvgIpc) is 3.44. The van der Waals surface area contributed by atoms with Gasteiger partial charge in [-0.1, -0.05) is 12.1 Å². The Labute approximate surface area is 183 Å². The number of nitrogens with zero attached hydrogens (tertiary/aromatic N) is 4. The largest absolute Gasteiger partial charge is 0.418 e. The summed E-state index contributed by atoms with van der Waals surface area (Å²) in [7, 11) is -3.39. The van der Waals surface area contributed by atoms with Crippen molar-refractivity contribution in [3.05, 3.63) is 46.8 Å². The van der Waals surface area contributed by atoms with Crippen molar-refractivity contribution in [2.24, 2.45) is 11.8 Å². The molecule has 12 heteroatoms. The fraction of sp³-hybridized carbons (Fsp3) is 0.500. The molecule has 32 heavy (non-hydrogen) atoms. The zero-order valence-corrected chi connectivity index (χ0v) is 18.1. The molecule has 2 fully saturated rings. The number of hydrogen-bond donors (Lipinski definition) is 1. The summed E-state index contributed by atoms with van der Waals surface area (Å²) in [6, 6.07) is 5.58. The topological polar surface area (TPSA) is 89.6 Å². The predicted octanol–water partition coefficient (Wildman–Crippen LogP) is 1.91. The summed E-state index contributed by atoms with van der Waals surface area (Å²) in [6.07, 6.45) is -3.30. The summed E-state index contributed by atoms with van der Waals surface area (Å²) in [5, 5.41) is 6.89. The van der Waals surface area contributed by atoms with Gasteiger partial charge in [0, 0.05) is 55.8 Å². The molecule has 8 nitrogen and oxygen atoms in total. The molecule has 0 unspecified atom stereocenters. The molecule has 2 aromatic rings. The Morgan fingerprint density at radius 1 is 1.09 bits per heavy atom. The van der Waals surface area contributed by atoms with Crippen molar-refractivity contribution < 1.29 is 26.4 Å². The second-order valence-corrected chi connectivity index (χ2v) is 10.7. The van der Waals surface area contributed by atoms with Crippen LogP contribution in [0.5, 0.6) is 0 Å². The Hall–Kier alpha value is -2.60. The van der Waals surface area contributed by atoms with Gasteiger partial charge in [-0.05, 0) is 12.1 Å². The second-order valence-electron chi connectivity index (χ2n) is 8.71. The van der Waals surface area contributed by atoms with Crippen LogP contribution in [0.3, 0.4) is 0 Å². The van der Waals surface area contributed by atoms with Gasteiger partial charge >= 0.3 is 6.18 Å². The minimum absolute atomic E-state index is 0.0692. The Kier molecular flexibility index (Phi) is 4.79. The van der Waals surface area contributed by atoms with Crippen molar-refractivity contribution in [2.75, 3.05) is 37.3 Å². The fourth-order valence-electron chi connectivity index (χ4n) is 5.02. The Bertz CT molecular complexity index is 1170. The first kappa shape index (κ1) is 21.3. The number of alkyl halides is 3. The molecule has 1 aromatic carbocycles. The molecule has 172 valence electrons. The van der Waals surface area contributed by atoms with E-state index in [0.717, 1.165) is 12.3 Å². The predicted molar refractivity (Wildman–Crippen MR) is 109 cm³/mol. The van der Waals surface area contributed by atoms with Crippen LogP contribution < -0.4 is 4.90 Å². The number of carbonyl (C=O) groups excluding carboxylic acids is 1. The van der Waals surface area contributed by atoms with E-state index in [1.165, 1.54) is 16.4 Å². The van der Waals surface area contributed by atoms with Gasteiger partial charge in [-0.3, -0.25) is 9.89 Å². The van der Waals surface area contributed by atoms with Crippen LogP contribution in [-0.2, 0) is 29.3 Å². The summed E-state index contributed by atoms with van der Waals surface area (Å²) in [5.74, 6) is -0.131. The number of para-hydroxylation sites is 1. The van der Waals surface area contributed by atoms with E-state index in [-0.39, 0.29) is 42.2 Å². The lowest BCUT2D eigenvalue weighted by Crippen LogP contribution is -2.34. The average molecular weight is 469 g/mol. The maximum atomic E-state index is 13.4. The first-order chi connectivity index (χ1) is 15.0. The van der Waals surface area contributed by atoms with E-state index in [1.54, 1.807) is 15.9 Å². The standard InChI is InChI=1S/C20H22F3N5O3S/c1-32(30,31)28-10-14-16(11-28)24-25-18(14)19(29)27-8-12-6-26(7-13(12)9-27)17-5-3-2-4-15(17)20(21,22)23/h2-5,12-13H,6-11H2,1H3,(H,24,25)/t12-,13+. The number of sulfonamides is 1. The number of amides is 1. The number of aromatic nitrogens is 2. The molecule has 1 N–H and O–H groups in total. The molecule has 1 aromatic heterocycles. The highest BCUT2D eigenvalue weighted by Gasteiger charge is 2.45. The molecule has 1 amide bonds. The molecule has 0 bridgehead atoms. The summed E-state index contributed by atoms with van der Waals surface area (Å²) < 4.78 is 65.1. The number of likely N-dealkylation sites (tertiary alicyclic amines) is 1. The molecule has 4 heterocycles. The summed E-state index contributed by atoms with van der Waals surface area (Å²) in [4.78, 5) is 16.5. The molecule has 0 spiro atoms. The number of anilines is 1. The van der Waals surface area contributed by atoms with E-state index < -0.39 is 21.8 Å². The van der Waals surface area contributed by atoms with Gasteiger partial charge in [0.1, 0.15) is 0 Å². The third-order valence-electron chi connectivity index (χ3n) is 6.62. The molecule has 3 aliphatic rings. The number of hydrogen-bond acceptors (Lipinski definition) is 5. The SMILES string of the molecule is CS(=O)(=O)N1Cc2[nH]nc(C(=O)N3C[C@@H]4CN(c5ccccc5C(F)(F)F)C[C@@H]4C3)c2C1. The van der Waals surface area contributed by atoms with Gasteiger partial charge in [0.25, 0.3) is 5.91 Å². The molecule has 0 radical (unpaired) electrons. The van der Waals surface area contributed by atoms with Crippen molar-refractivity contribution in [2.45, 2.75) is 19.3 Å². The molecule has 0 aliphatic carbocycles. The summed E-state index contributed by atoms with van der Waals surface area (Å²) >= 11 is 0. The van der Waals surface area contributed by atoms with Gasteiger partial charge < -0.3 is 9.80 Å². The van der Waals surface area contributed by atoms with E-state index in [9.17, 15) is 26.4 Å². The zero-order chi connectivity index (χ0) is 22.8. The molecule has 0 saturated carbocycles. The minimum Gasteiger partial charge on any atom is -0.370 e. The van der Waals surface area contributed by atoms with Crippen molar-refractivity contribution >= 4 is 21.6 Å². The van der Waals surface area contributed by atoms with E-state index in [1.807, 2.05) is 0 Å². The molecule has 2 saturated heterocycles. The Morgan fingerprint density at radius 3 is 2.38 bits per heavy atom. The van der Waals surface area contributed by atoms with Gasteiger partial charge in [0.05, 0.1) is 24.1 Å². The van der Waals surface area contributed by atoms with Gasteiger partial charge in [-0.25, -0.2) is 8.42 Å². The lowest BCUT2D eigenvalue weighted by atomic mass is 10.0. The van der Waals surface area contributed by atoms with E-state index in [4.69, 9.17) is 0 Å². The smallest absolute Gasteiger partial charge is 0.370 e. The van der Waals surface area contributed by atoms with E-state index in [0.29, 0.717) is 37.4 Å². The van der Waals surface area contributed by atoms with Crippen LogP contribution in [0.4, 0.5) is 18.9 Å². The molecular formula is C20H22F3N5O3S. The minimum atomic E-state index is -4.42. The van der Waals surface area contributed by atoms with Crippen molar-refractivity contribution in [1.82, 2.24) is 19.4 Å². The number of fused-ring (bicyclic) bond motifs is 2. The Balaban J connectivity index is 1.29. The first-order valence-electron chi connectivity index (χ1n) is 10.2. The molecular weight excluding hydrogens is 447 g/mol. The van der Waals surface area contributed by atoms with Crippen molar-refractivity contribution in [1.29, 1.82) is 0 Å². The van der Waals surface area contributed by atoms with Crippen LogP contribution in [0.15, 0.2) is 24.3 Å². The third kappa shape index (κ3) is 3.54. The van der Waals surface area contributed by atoms with Gasteiger partial charge in [-0.15, -0.1) is 0 Å². The zero-order valence-electron chi connectivity index (χ0n) is 17.3. The van der Waals surface area contributed by atoms with Crippen LogP contribution in [0.25, 0.3) is 0 Å². The van der Waals surface area contributed by atoms with E-state index >= 15 is 0 Å². The quantitative estimate of drug-likeness (QED) is 0.742. The molecule has 5 rings (SSSR count). The number of nitrogens with one attached hydrogen (secondary N) is 1. The monoisotopic (exact) mass is 469 g/mol. The van der Waals surface area contributed by atoms with Gasteiger partial charge in [-0.2, -0.15) is 22.6 Å². The number of carbonyl (C=O) groups is 1. The van der Waals surface area contributed by atoms with E-state index in [2.05, 4.69) is 10.2 Å². The van der Waals surface area contributed by atoms with Crippen LogP contribution in [0, 0.1) is 11.8 Å². The van der Waals surface area contributed by atoms with Crippen LogP contribution in [0.1, 0.15) is 27.3 Å². The summed E-state index contributed by atoms with van der Waals surface area (Å²) in [5.41, 5.74) is 0.977. The number of aromatic amines is 1. The van der Waals surface area contributed by atoms with Crippen molar-refractivity contribution in [3.8, 4) is 0 Å². The highest BCUT2D eigenvalue weighted by atomic mass is 32.2. The van der Waals surface area contributed by atoms with Gasteiger partial charge in [0.2, 0.25) is 10.0 Å². The highest BCUT2D eigenvalue weighted by molar-refractivity contribution is 7.88. The maximum Gasteiger partial charge on any atom is 0.418 e. The van der Waals surface area contributed by atoms with Gasteiger partial charge in [0.15, 0.2) is 5.69 Å². The number of H-pyrrole nitrogens is 1. The first-order valence-corrected chi connectivity index (χ1v) is 12.1. The number of halogens is 3. The normalized spacial score (nSPS) is 23.6. The number of benzene rings is 1. The third-order valence-corrected chi connectivity index (χ3v) is 7.81. The van der Waals surface area contributed by atoms with Crippen LogP contribution in [0.2, 0.25) is 0 Å². The van der Waals surface area contributed by atoms with Crippen LogP contribution >= 0.6 is 0 Å². The maximum absolute atomic E-state index is 13.4. The molecule has 2 atom stereocenters. The van der Waals surface area contributed by atoms with Crippen LogP contribution in [-0.4, -0.2) is 66.2 Å². The Morgan fingerprint density at radius 2 is 1.75 bits per heavy atom. The lowest BCUT2D eigenvalue weighted by molar-refractivity contribution is -0.137. The molecule has 3 aliphatic heterocycles. The summed E-state index contributed by atoms with van der Waals surface area (Å²) in [6.45, 7) is 2.03. The fourth-order valence-corrected chi connectivity index (χ4v) is 5.74. The number of rotatable bonds is 3.